The van der Waals surface area contributed by atoms with Crippen LogP contribution >= 0.6 is 0 Å². The van der Waals surface area contributed by atoms with E-state index in [4.69, 9.17) is 0 Å². The van der Waals surface area contributed by atoms with E-state index in [0.717, 1.165) is 73.6 Å². The second-order valence-electron chi connectivity index (χ2n) is 11.1. The van der Waals surface area contributed by atoms with Gasteiger partial charge in [0, 0.05) is 31.2 Å². The molecular formula is C28H34F3N7. The fourth-order valence-electron chi connectivity index (χ4n) is 5.83. The first-order valence-electron chi connectivity index (χ1n) is 13.7. The molecule has 10 heteroatoms. The van der Waals surface area contributed by atoms with Crippen molar-refractivity contribution in [1.82, 2.24) is 29.4 Å². The fraction of sp³-hybridized carbons (Fsp3) is 0.536. The molecule has 38 heavy (non-hydrogen) atoms. The number of unbranched alkanes of at least 4 members (excludes halogenated alkanes) is 1. The Bertz CT molecular complexity index is 1400. The molecule has 2 aliphatic carbocycles. The summed E-state index contributed by atoms with van der Waals surface area (Å²) in [5.74, 6) is 2.37. The number of imidazole rings is 1. The van der Waals surface area contributed by atoms with E-state index < -0.39 is 11.7 Å². The van der Waals surface area contributed by atoms with Crippen molar-refractivity contribution in [2.24, 2.45) is 5.92 Å². The van der Waals surface area contributed by atoms with Gasteiger partial charge in [0.05, 0.1) is 22.0 Å². The summed E-state index contributed by atoms with van der Waals surface area (Å²) < 4.78 is 41.2. The zero-order valence-electron chi connectivity index (χ0n) is 21.6. The summed E-state index contributed by atoms with van der Waals surface area (Å²) in [4.78, 5) is 19.0. The molecule has 0 bridgehead atoms. The number of H-pyrrole nitrogens is 1. The maximum absolute atomic E-state index is 13.0. The highest BCUT2D eigenvalue weighted by Crippen LogP contribution is 2.38. The molecule has 3 heterocycles. The van der Waals surface area contributed by atoms with Crippen LogP contribution in [0.25, 0.3) is 22.1 Å². The Morgan fingerprint density at radius 2 is 1.97 bits per heavy atom. The number of alkyl halides is 3. The average molecular weight is 526 g/mol. The number of aryl methyl sites for hydroxylation is 1. The Hall–Kier alpha value is -3.14. The summed E-state index contributed by atoms with van der Waals surface area (Å²) in [5.41, 5.74) is 1.41. The summed E-state index contributed by atoms with van der Waals surface area (Å²) >= 11 is 0. The first-order valence-corrected chi connectivity index (χ1v) is 13.7. The Balaban J connectivity index is 0.967. The smallest absolute Gasteiger partial charge is 0.367 e. The number of fused-ring (bicyclic) bond motifs is 2. The van der Waals surface area contributed by atoms with Crippen molar-refractivity contribution < 1.29 is 13.2 Å². The van der Waals surface area contributed by atoms with Gasteiger partial charge in [-0.05, 0) is 88.7 Å². The van der Waals surface area contributed by atoms with E-state index in [1.54, 1.807) is 6.33 Å². The van der Waals surface area contributed by atoms with Crippen LogP contribution in [0.3, 0.4) is 0 Å². The number of halogens is 3. The Labute approximate surface area is 219 Å². The van der Waals surface area contributed by atoms with Crippen LogP contribution in [-0.2, 0) is 12.6 Å². The standard InChI is InChI=1S/C28H34F3N7/c1-37(12-3-2-4-25-35-23-10-6-19(28(29,30)31)15-24(23)36-25)16-18-5-9-21(14-18)38-13-11-22-26(34-20-7-8-20)32-17-33-27(22)38/h6,10-11,13,15,17-18,20-21H,2-5,7-9,12,14,16H2,1H3,(H,35,36)(H,32,33,34). The van der Waals surface area contributed by atoms with Crippen LogP contribution < -0.4 is 5.32 Å². The second kappa shape index (κ2) is 10.2. The molecule has 2 unspecified atom stereocenters. The van der Waals surface area contributed by atoms with Crippen LogP contribution in [0.5, 0.6) is 0 Å². The number of hydrogen-bond acceptors (Lipinski definition) is 5. The van der Waals surface area contributed by atoms with Crippen molar-refractivity contribution in [3.05, 3.63) is 48.2 Å². The third-order valence-electron chi connectivity index (χ3n) is 7.97. The van der Waals surface area contributed by atoms with E-state index in [-0.39, 0.29) is 0 Å². The zero-order valence-corrected chi connectivity index (χ0v) is 21.6. The van der Waals surface area contributed by atoms with Crippen molar-refractivity contribution in [3.63, 3.8) is 0 Å². The highest BCUT2D eigenvalue weighted by molar-refractivity contribution is 5.87. The third-order valence-corrected chi connectivity index (χ3v) is 7.97. The third kappa shape index (κ3) is 5.50. The average Bonchev–Trinajstić information content (AvgIpc) is 3.26. The van der Waals surface area contributed by atoms with Crippen molar-refractivity contribution in [2.75, 3.05) is 25.5 Å². The van der Waals surface area contributed by atoms with E-state index >= 15 is 0 Å². The molecule has 4 aromatic rings. The number of nitrogens with zero attached hydrogens (tertiary/aromatic N) is 5. The van der Waals surface area contributed by atoms with Crippen molar-refractivity contribution in [2.45, 2.75) is 69.6 Å². The molecule has 2 saturated carbocycles. The van der Waals surface area contributed by atoms with E-state index in [9.17, 15) is 13.2 Å². The van der Waals surface area contributed by atoms with Gasteiger partial charge in [-0.1, -0.05) is 0 Å². The summed E-state index contributed by atoms with van der Waals surface area (Å²) in [6.45, 7) is 2.07. The quantitative estimate of drug-likeness (QED) is 0.241. The molecule has 6 rings (SSSR count). The fourth-order valence-corrected chi connectivity index (χ4v) is 5.83. The molecule has 3 aromatic heterocycles. The Morgan fingerprint density at radius 1 is 1.11 bits per heavy atom. The van der Waals surface area contributed by atoms with E-state index in [1.165, 1.54) is 31.7 Å². The number of rotatable bonds is 10. The summed E-state index contributed by atoms with van der Waals surface area (Å²) in [6, 6.07) is 6.85. The maximum Gasteiger partial charge on any atom is 0.416 e. The van der Waals surface area contributed by atoms with Gasteiger partial charge in [-0.25, -0.2) is 15.0 Å². The molecule has 202 valence electrons. The lowest BCUT2D eigenvalue weighted by Crippen LogP contribution is -2.26. The Kier molecular flexibility index (Phi) is 6.75. The largest absolute Gasteiger partial charge is 0.416 e. The van der Waals surface area contributed by atoms with Gasteiger partial charge in [-0.15, -0.1) is 0 Å². The lowest BCUT2D eigenvalue weighted by atomic mass is 10.1. The summed E-state index contributed by atoms with van der Waals surface area (Å²) in [6.07, 6.45) is 8.17. The second-order valence-corrected chi connectivity index (χ2v) is 11.1. The predicted molar refractivity (Wildman–Crippen MR) is 142 cm³/mol. The minimum Gasteiger partial charge on any atom is -0.367 e. The van der Waals surface area contributed by atoms with Gasteiger partial charge in [0.1, 0.15) is 23.6 Å². The van der Waals surface area contributed by atoms with Crippen LogP contribution in [0.15, 0.2) is 36.8 Å². The molecule has 0 amide bonds. The minimum atomic E-state index is -4.34. The van der Waals surface area contributed by atoms with Crippen LogP contribution in [0, 0.1) is 5.92 Å². The summed E-state index contributed by atoms with van der Waals surface area (Å²) in [5, 5.41) is 4.64. The molecule has 0 radical (unpaired) electrons. The van der Waals surface area contributed by atoms with Gasteiger partial charge in [-0.3, -0.25) is 0 Å². The molecule has 2 atom stereocenters. The predicted octanol–water partition coefficient (Wildman–Crippen LogP) is 6.20. The maximum atomic E-state index is 13.0. The van der Waals surface area contributed by atoms with Crippen molar-refractivity contribution in [1.29, 1.82) is 0 Å². The lowest BCUT2D eigenvalue weighted by Gasteiger charge is -2.21. The van der Waals surface area contributed by atoms with E-state index in [0.29, 0.717) is 29.0 Å². The molecule has 2 aliphatic rings. The topological polar surface area (TPSA) is 74.7 Å². The minimum absolute atomic E-state index is 0.445. The lowest BCUT2D eigenvalue weighted by molar-refractivity contribution is -0.137. The van der Waals surface area contributed by atoms with E-state index in [1.807, 2.05) is 0 Å². The van der Waals surface area contributed by atoms with Crippen LogP contribution in [0.1, 0.15) is 62.4 Å². The van der Waals surface area contributed by atoms with Crippen molar-refractivity contribution in [3.8, 4) is 0 Å². The number of aromatic nitrogens is 5. The zero-order chi connectivity index (χ0) is 26.3. The molecule has 0 aliphatic heterocycles. The number of anilines is 1. The van der Waals surface area contributed by atoms with Gasteiger partial charge < -0.3 is 19.8 Å². The highest BCUT2D eigenvalue weighted by Gasteiger charge is 2.31. The number of aromatic amines is 1. The molecular weight excluding hydrogens is 491 g/mol. The molecule has 7 nitrogen and oxygen atoms in total. The number of benzene rings is 1. The molecule has 1 aromatic carbocycles. The van der Waals surface area contributed by atoms with Gasteiger partial charge in [-0.2, -0.15) is 13.2 Å². The first kappa shape index (κ1) is 25.2. The Morgan fingerprint density at radius 3 is 2.79 bits per heavy atom. The normalized spacial score (nSPS) is 20.2. The molecule has 0 saturated heterocycles. The number of hydrogen-bond donors (Lipinski definition) is 2. The first-order chi connectivity index (χ1) is 18.3. The molecule has 0 spiro atoms. The van der Waals surface area contributed by atoms with Gasteiger partial charge >= 0.3 is 6.18 Å². The molecule has 2 N–H and O–H groups in total. The van der Waals surface area contributed by atoms with Crippen LogP contribution in [-0.4, -0.2) is 55.6 Å². The number of nitrogens with one attached hydrogen (secondary N) is 2. The highest BCUT2D eigenvalue weighted by atomic mass is 19.4. The van der Waals surface area contributed by atoms with Crippen LogP contribution in [0.4, 0.5) is 19.0 Å². The monoisotopic (exact) mass is 525 g/mol. The van der Waals surface area contributed by atoms with Gasteiger partial charge in [0.25, 0.3) is 0 Å². The van der Waals surface area contributed by atoms with Crippen LogP contribution in [0.2, 0.25) is 0 Å². The van der Waals surface area contributed by atoms with E-state index in [2.05, 4.69) is 54.0 Å². The van der Waals surface area contributed by atoms with Gasteiger partial charge in [0.15, 0.2) is 0 Å². The summed E-state index contributed by atoms with van der Waals surface area (Å²) in [7, 11) is 2.18. The van der Waals surface area contributed by atoms with Crippen molar-refractivity contribution >= 4 is 27.9 Å². The van der Waals surface area contributed by atoms with Gasteiger partial charge in [0.2, 0.25) is 0 Å². The molecule has 2 fully saturated rings. The SMILES string of the molecule is CN(CCCCc1nc2ccc(C(F)(F)F)cc2[nH]1)CC1CCC(n2ccc3c(NC4CC4)ncnc32)C1.